The van der Waals surface area contributed by atoms with Crippen molar-refractivity contribution in [3.63, 3.8) is 0 Å². The summed E-state index contributed by atoms with van der Waals surface area (Å²) >= 11 is 0. The molecule has 0 saturated carbocycles. The van der Waals surface area contributed by atoms with E-state index in [1.807, 2.05) is 24.3 Å². The number of hydrogen-bond donors (Lipinski definition) is 2. The van der Waals surface area contributed by atoms with Gasteiger partial charge in [0.05, 0.1) is 19.3 Å². The number of piperidine rings is 1. The number of rotatable bonds is 12. The van der Waals surface area contributed by atoms with Gasteiger partial charge >= 0.3 is 0 Å². The number of benzene rings is 2. The number of halogens is 1. The molecule has 0 bridgehead atoms. The molecule has 2 aromatic rings. The third-order valence-electron chi connectivity index (χ3n) is 6.07. The molecule has 1 saturated heterocycles. The van der Waals surface area contributed by atoms with Crippen LogP contribution < -0.4 is 10.1 Å². The van der Waals surface area contributed by atoms with Crippen LogP contribution in [0.25, 0.3) is 11.1 Å². The molecule has 1 aliphatic rings. The molecule has 180 valence electrons. The van der Waals surface area contributed by atoms with E-state index in [1.165, 1.54) is 0 Å². The summed E-state index contributed by atoms with van der Waals surface area (Å²) in [5, 5.41) is 11.9. The van der Waals surface area contributed by atoms with Crippen LogP contribution in [-0.2, 0) is 11.2 Å². The van der Waals surface area contributed by atoms with Crippen LogP contribution in [0.2, 0.25) is 0 Å². The molecule has 0 aromatic heterocycles. The maximum atomic E-state index is 13.8. The minimum atomic E-state index is -1.14. The molecule has 0 spiro atoms. The van der Waals surface area contributed by atoms with E-state index in [-0.39, 0.29) is 12.6 Å². The monoisotopic (exact) mass is 456 g/mol. The molecule has 1 unspecified atom stereocenters. The Morgan fingerprint density at radius 2 is 1.73 bits per heavy atom. The van der Waals surface area contributed by atoms with Crippen LogP contribution in [0.1, 0.15) is 32.3 Å². The van der Waals surface area contributed by atoms with Crippen molar-refractivity contribution in [3.8, 4) is 16.9 Å². The van der Waals surface area contributed by atoms with Crippen molar-refractivity contribution in [1.82, 2.24) is 10.2 Å². The number of aliphatic hydroxyl groups is 1. The summed E-state index contributed by atoms with van der Waals surface area (Å²) in [5.41, 5.74) is 2.16. The van der Waals surface area contributed by atoms with Gasteiger partial charge in [-0.1, -0.05) is 36.4 Å². The Morgan fingerprint density at radius 1 is 1.12 bits per heavy atom. The van der Waals surface area contributed by atoms with Crippen LogP contribution in [0.15, 0.2) is 48.5 Å². The summed E-state index contributed by atoms with van der Waals surface area (Å²) < 4.78 is 19.9. The average Bonchev–Trinajstić information content (AvgIpc) is 2.81. The lowest BCUT2D eigenvalue weighted by Gasteiger charge is -2.34. The van der Waals surface area contributed by atoms with Crippen molar-refractivity contribution in [2.75, 3.05) is 39.4 Å². The second-order valence-corrected chi connectivity index (χ2v) is 9.59. The standard InChI is InChI=1S/C27H37FN2O3/c1-27(2,28)20-30-14-11-22(12-15-30)19-33-26-9-7-24(8-10-26)23-5-3-21(4-6-23)17-25(18-32)29-13-16-31/h3-10,18,22,25,29,31H,11-17,19-20H2,1-2H3. The minimum absolute atomic E-state index is 0.0151. The Hall–Kier alpha value is -2.28. The highest BCUT2D eigenvalue weighted by Gasteiger charge is 2.25. The summed E-state index contributed by atoms with van der Waals surface area (Å²) in [7, 11) is 0. The molecule has 1 fully saturated rings. The average molecular weight is 457 g/mol. The normalized spacial score (nSPS) is 16.5. The number of aldehydes is 1. The quantitative estimate of drug-likeness (QED) is 0.475. The fourth-order valence-electron chi connectivity index (χ4n) is 4.31. The van der Waals surface area contributed by atoms with Crippen LogP contribution >= 0.6 is 0 Å². The first-order valence-electron chi connectivity index (χ1n) is 11.9. The first-order valence-corrected chi connectivity index (χ1v) is 11.9. The van der Waals surface area contributed by atoms with E-state index in [9.17, 15) is 9.18 Å². The van der Waals surface area contributed by atoms with Gasteiger partial charge in [0.25, 0.3) is 0 Å². The molecule has 2 aromatic carbocycles. The number of nitrogens with one attached hydrogen (secondary N) is 1. The van der Waals surface area contributed by atoms with E-state index >= 15 is 0 Å². The van der Waals surface area contributed by atoms with Gasteiger partial charge in [0.2, 0.25) is 0 Å². The van der Waals surface area contributed by atoms with Gasteiger partial charge in [-0.25, -0.2) is 4.39 Å². The van der Waals surface area contributed by atoms with Crippen molar-refractivity contribution in [2.24, 2.45) is 5.92 Å². The summed E-state index contributed by atoms with van der Waals surface area (Å²) in [5.74, 6) is 1.38. The molecule has 0 radical (unpaired) electrons. The highest BCUT2D eigenvalue weighted by atomic mass is 19.1. The third-order valence-corrected chi connectivity index (χ3v) is 6.07. The molecule has 1 atom stereocenters. The zero-order valence-electron chi connectivity index (χ0n) is 19.8. The van der Waals surface area contributed by atoms with Crippen molar-refractivity contribution in [1.29, 1.82) is 0 Å². The zero-order valence-corrected chi connectivity index (χ0v) is 19.8. The second kappa shape index (κ2) is 12.3. The fraction of sp³-hybridized carbons (Fsp3) is 0.519. The number of ether oxygens (including phenoxy) is 1. The molecule has 2 N–H and O–H groups in total. The largest absolute Gasteiger partial charge is 0.493 e. The lowest BCUT2D eigenvalue weighted by molar-refractivity contribution is -0.109. The number of alkyl halides is 1. The van der Waals surface area contributed by atoms with E-state index in [4.69, 9.17) is 9.84 Å². The molecule has 33 heavy (non-hydrogen) atoms. The summed E-state index contributed by atoms with van der Waals surface area (Å²) in [4.78, 5) is 13.4. The molecule has 5 nitrogen and oxygen atoms in total. The first kappa shape index (κ1) is 25.3. The molecule has 1 aliphatic heterocycles. The smallest absolute Gasteiger partial charge is 0.137 e. The molecular formula is C27H37FN2O3. The molecular weight excluding hydrogens is 419 g/mol. The Morgan fingerprint density at radius 3 is 2.27 bits per heavy atom. The van der Waals surface area contributed by atoms with Crippen molar-refractivity contribution >= 4 is 6.29 Å². The van der Waals surface area contributed by atoms with Crippen LogP contribution in [0.3, 0.4) is 0 Å². The minimum Gasteiger partial charge on any atom is -0.493 e. The molecule has 6 heteroatoms. The first-order chi connectivity index (χ1) is 15.9. The zero-order chi connectivity index (χ0) is 23.7. The second-order valence-electron chi connectivity index (χ2n) is 9.59. The van der Waals surface area contributed by atoms with E-state index in [2.05, 4.69) is 34.5 Å². The van der Waals surface area contributed by atoms with Gasteiger partial charge in [-0.15, -0.1) is 0 Å². The van der Waals surface area contributed by atoms with Gasteiger partial charge in [0.1, 0.15) is 17.7 Å². The fourth-order valence-corrected chi connectivity index (χ4v) is 4.31. The lowest BCUT2D eigenvalue weighted by Crippen LogP contribution is -2.41. The highest BCUT2D eigenvalue weighted by molar-refractivity contribution is 5.65. The van der Waals surface area contributed by atoms with Gasteiger partial charge in [0.15, 0.2) is 0 Å². The van der Waals surface area contributed by atoms with Crippen LogP contribution in [0.5, 0.6) is 5.75 Å². The van der Waals surface area contributed by atoms with E-state index in [1.54, 1.807) is 13.8 Å². The van der Waals surface area contributed by atoms with Crippen molar-refractivity contribution in [3.05, 3.63) is 54.1 Å². The number of nitrogens with zero attached hydrogens (tertiary/aromatic N) is 1. The Bertz CT molecular complexity index is 841. The maximum absolute atomic E-state index is 13.8. The molecule has 3 rings (SSSR count). The molecule has 1 heterocycles. The van der Waals surface area contributed by atoms with Gasteiger partial charge < -0.3 is 24.9 Å². The SMILES string of the molecule is CC(C)(F)CN1CCC(COc2ccc(-c3ccc(CC(C=O)NCCO)cc3)cc2)CC1. The van der Waals surface area contributed by atoms with E-state index < -0.39 is 5.67 Å². The molecule has 0 amide bonds. The number of carbonyl (C=O) groups excluding carboxylic acids is 1. The Labute approximate surface area is 197 Å². The Balaban J connectivity index is 1.46. The number of carbonyl (C=O) groups is 1. The summed E-state index contributed by atoms with van der Waals surface area (Å²) in [6, 6.07) is 16.0. The molecule has 0 aliphatic carbocycles. The number of hydrogen-bond acceptors (Lipinski definition) is 5. The number of likely N-dealkylation sites (tertiary alicyclic amines) is 1. The maximum Gasteiger partial charge on any atom is 0.137 e. The Kier molecular flexibility index (Phi) is 9.41. The van der Waals surface area contributed by atoms with Gasteiger partial charge in [-0.2, -0.15) is 0 Å². The van der Waals surface area contributed by atoms with Crippen LogP contribution in [-0.4, -0.2) is 67.4 Å². The topological polar surface area (TPSA) is 61.8 Å². The predicted octanol–water partition coefficient (Wildman–Crippen LogP) is 3.88. The van der Waals surface area contributed by atoms with Crippen LogP contribution in [0, 0.1) is 5.92 Å². The van der Waals surface area contributed by atoms with Gasteiger partial charge in [-0.3, -0.25) is 0 Å². The number of aliphatic hydroxyl groups excluding tert-OH is 1. The van der Waals surface area contributed by atoms with Crippen molar-refractivity contribution in [2.45, 2.75) is 44.8 Å². The summed E-state index contributed by atoms with van der Waals surface area (Å²) in [6.45, 7) is 6.77. The third kappa shape index (κ3) is 8.54. The van der Waals surface area contributed by atoms with Crippen LogP contribution in [0.4, 0.5) is 4.39 Å². The lowest BCUT2D eigenvalue weighted by atomic mass is 9.97. The van der Waals surface area contributed by atoms with Gasteiger partial charge in [-0.05, 0) is 80.9 Å². The summed E-state index contributed by atoms with van der Waals surface area (Å²) in [6.07, 6.45) is 3.57. The van der Waals surface area contributed by atoms with E-state index in [0.717, 1.165) is 54.7 Å². The van der Waals surface area contributed by atoms with Gasteiger partial charge in [0, 0.05) is 13.1 Å². The van der Waals surface area contributed by atoms with E-state index in [0.29, 0.717) is 32.0 Å². The van der Waals surface area contributed by atoms with Crippen molar-refractivity contribution < 1.29 is 19.0 Å². The predicted molar refractivity (Wildman–Crippen MR) is 130 cm³/mol. The highest BCUT2D eigenvalue weighted by Crippen LogP contribution is 2.25.